The zero-order valence-corrected chi connectivity index (χ0v) is 11.7. The fraction of sp³-hybridized carbons (Fsp3) is 0.357. The molecule has 6 heteroatoms. The van der Waals surface area contributed by atoms with Crippen LogP contribution in [-0.2, 0) is 6.54 Å². The van der Waals surface area contributed by atoms with E-state index >= 15 is 0 Å². The van der Waals surface area contributed by atoms with Crippen LogP contribution in [0.5, 0.6) is 5.88 Å². The lowest BCUT2D eigenvalue weighted by Crippen LogP contribution is -2.03. The number of rotatable bonds is 4. The fourth-order valence-corrected chi connectivity index (χ4v) is 2.09. The van der Waals surface area contributed by atoms with E-state index in [0.717, 1.165) is 17.3 Å². The minimum Gasteiger partial charge on any atom is -0.493 e. The molecule has 0 radical (unpaired) electrons. The van der Waals surface area contributed by atoms with Gasteiger partial charge < -0.3 is 15.4 Å². The molecular weight excluding hydrogens is 254 g/mol. The zero-order valence-electron chi connectivity index (χ0n) is 11.7. The van der Waals surface area contributed by atoms with Gasteiger partial charge in [0.05, 0.1) is 5.52 Å². The largest absolute Gasteiger partial charge is 0.493 e. The Morgan fingerprint density at radius 2 is 2.10 bits per heavy atom. The molecule has 6 nitrogen and oxygen atoms in total. The number of nitrogens with two attached hydrogens (primary N) is 1. The predicted molar refractivity (Wildman–Crippen MR) is 79.5 cm³/mol. The molecule has 0 saturated carbocycles. The van der Waals surface area contributed by atoms with E-state index in [0.29, 0.717) is 18.2 Å². The van der Waals surface area contributed by atoms with E-state index in [-0.39, 0.29) is 11.8 Å². The molecule has 1 aromatic carbocycles. The third kappa shape index (κ3) is 2.79. The van der Waals surface area contributed by atoms with Gasteiger partial charge in [0.15, 0.2) is 5.69 Å². The molecule has 0 unspecified atom stereocenters. The number of azo groups is 1. The number of aromatic nitrogens is 1. The first-order valence-corrected chi connectivity index (χ1v) is 6.56. The van der Waals surface area contributed by atoms with Crippen molar-refractivity contribution in [3.05, 3.63) is 24.3 Å². The van der Waals surface area contributed by atoms with Crippen molar-refractivity contribution in [1.82, 2.24) is 4.57 Å². The topological polar surface area (TPSA) is 99.7 Å². The number of nitrogens with one attached hydrogen (secondary N) is 1. The summed E-state index contributed by atoms with van der Waals surface area (Å²) in [5.41, 5.74) is 6.44. The molecule has 0 bridgehead atoms. The lowest BCUT2D eigenvalue weighted by atomic mass is 10.1. The number of benzene rings is 1. The van der Waals surface area contributed by atoms with Crippen molar-refractivity contribution in [1.29, 1.82) is 5.41 Å². The van der Waals surface area contributed by atoms with Gasteiger partial charge in [-0.3, -0.25) is 5.41 Å². The Bertz CT molecular complexity index is 657. The number of nitrogens with zero attached hydrogens (tertiary/aromatic N) is 3. The average Bonchev–Trinajstić information content (AvgIpc) is 2.66. The number of guanidine groups is 1. The van der Waals surface area contributed by atoms with Gasteiger partial charge in [-0.2, -0.15) is 0 Å². The normalized spacial score (nSPS) is 11.8. The summed E-state index contributed by atoms with van der Waals surface area (Å²) in [5, 5.41) is 25.6. The molecule has 106 valence electrons. The van der Waals surface area contributed by atoms with E-state index in [1.165, 1.54) is 0 Å². The van der Waals surface area contributed by atoms with Crippen LogP contribution in [0.2, 0.25) is 0 Å². The summed E-state index contributed by atoms with van der Waals surface area (Å²) in [5.74, 6) is 0.220. The zero-order chi connectivity index (χ0) is 14.7. The van der Waals surface area contributed by atoms with Crippen LogP contribution < -0.4 is 5.73 Å². The highest BCUT2D eigenvalue weighted by molar-refractivity contribution is 5.95. The molecular formula is C14H19N5O. The molecule has 1 aromatic heterocycles. The van der Waals surface area contributed by atoms with Gasteiger partial charge in [-0.1, -0.05) is 32.0 Å². The summed E-state index contributed by atoms with van der Waals surface area (Å²) < 4.78 is 1.82. The van der Waals surface area contributed by atoms with Crippen LogP contribution in [0.15, 0.2) is 34.5 Å². The van der Waals surface area contributed by atoms with E-state index < -0.39 is 0 Å². The Kier molecular flexibility index (Phi) is 4.02. The smallest absolute Gasteiger partial charge is 0.232 e. The molecule has 0 saturated heterocycles. The summed E-state index contributed by atoms with van der Waals surface area (Å²) >= 11 is 0. The molecule has 0 atom stereocenters. The second kappa shape index (κ2) is 5.73. The minimum absolute atomic E-state index is 0.0665. The van der Waals surface area contributed by atoms with Crippen molar-refractivity contribution in [2.24, 2.45) is 21.9 Å². The predicted octanol–water partition coefficient (Wildman–Crippen LogP) is 3.37. The van der Waals surface area contributed by atoms with Gasteiger partial charge >= 0.3 is 0 Å². The molecule has 2 rings (SSSR count). The third-order valence-electron chi connectivity index (χ3n) is 3.11. The van der Waals surface area contributed by atoms with Gasteiger partial charge in [0.2, 0.25) is 11.8 Å². The fourth-order valence-electron chi connectivity index (χ4n) is 2.09. The van der Waals surface area contributed by atoms with E-state index in [9.17, 15) is 5.11 Å². The highest BCUT2D eigenvalue weighted by Gasteiger charge is 2.16. The van der Waals surface area contributed by atoms with Gasteiger partial charge in [-0.05, 0) is 18.4 Å². The number of hydrogen-bond donors (Lipinski definition) is 3. The Morgan fingerprint density at radius 1 is 1.40 bits per heavy atom. The number of aryl methyl sites for hydroxylation is 1. The van der Waals surface area contributed by atoms with Gasteiger partial charge in [0.25, 0.3) is 0 Å². The van der Waals surface area contributed by atoms with E-state index in [1.54, 1.807) is 0 Å². The van der Waals surface area contributed by atoms with E-state index in [2.05, 4.69) is 24.1 Å². The van der Waals surface area contributed by atoms with Crippen molar-refractivity contribution in [2.75, 3.05) is 0 Å². The van der Waals surface area contributed by atoms with Gasteiger partial charge in [0, 0.05) is 11.9 Å². The van der Waals surface area contributed by atoms with E-state index in [1.807, 2.05) is 28.8 Å². The molecule has 0 spiro atoms. The molecule has 0 aliphatic carbocycles. The molecule has 20 heavy (non-hydrogen) atoms. The Labute approximate surface area is 117 Å². The van der Waals surface area contributed by atoms with Gasteiger partial charge in [-0.25, -0.2) is 0 Å². The summed E-state index contributed by atoms with van der Waals surface area (Å²) in [6.07, 6.45) is 0.954. The lowest BCUT2D eigenvalue weighted by molar-refractivity contribution is 0.407. The lowest BCUT2D eigenvalue weighted by Gasteiger charge is -2.08. The highest BCUT2D eigenvalue weighted by Crippen LogP contribution is 2.39. The van der Waals surface area contributed by atoms with Crippen LogP contribution in [0.1, 0.15) is 20.3 Å². The molecule has 1 heterocycles. The Morgan fingerprint density at radius 3 is 2.75 bits per heavy atom. The number of para-hydroxylation sites is 1. The molecule has 0 aliphatic heterocycles. The molecule has 0 fully saturated rings. The van der Waals surface area contributed by atoms with Crippen molar-refractivity contribution < 1.29 is 5.11 Å². The van der Waals surface area contributed by atoms with Crippen LogP contribution >= 0.6 is 0 Å². The van der Waals surface area contributed by atoms with Crippen molar-refractivity contribution in [2.45, 2.75) is 26.8 Å². The molecule has 2 aromatic rings. The van der Waals surface area contributed by atoms with Crippen LogP contribution in [-0.4, -0.2) is 15.6 Å². The number of fused-ring (bicyclic) bond motifs is 1. The maximum Gasteiger partial charge on any atom is 0.232 e. The molecule has 4 N–H and O–H groups in total. The maximum atomic E-state index is 10.3. The number of hydrogen-bond acceptors (Lipinski definition) is 3. The first-order valence-electron chi connectivity index (χ1n) is 6.56. The Balaban J connectivity index is 2.52. The summed E-state index contributed by atoms with van der Waals surface area (Å²) in [6, 6.07) is 7.60. The quantitative estimate of drug-likeness (QED) is 0.452. The summed E-state index contributed by atoms with van der Waals surface area (Å²) in [6.45, 7) is 4.98. The maximum absolute atomic E-state index is 10.3. The number of aromatic hydroxyl groups is 1. The van der Waals surface area contributed by atoms with Crippen LogP contribution in [0.25, 0.3) is 10.9 Å². The van der Waals surface area contributed by atoms with Crippen molar-refractivity contribution >= 4 is 22.5 Å². The second-order valence-corrected chi connectivity index (χ2v) is 5.11. The van der Waals surface area contributed by atoms with E-state index in [4.69, 9.17) is 11.1 Å². The SMILES string of the molecule is CC(C)CCn1c(O)c(N=NC(=N)N)c2ccccc21. The van der Waals surface area contributed by atoms with Crippen molar-refractivity contribution in [3.8, 4) is 5.88 Å². The van der Waals surface area contributed by atoms with Crippen molar-refractivity contribution in [3.63, 3.8) is 0 Å². The molecule has 0 amide bonds. The highest BCUT2D eigenvalue weighted by atomic mass is 16.3. The summed E-state index contributed by atoms with van der Waals surface area (Å²) in [4.78, 5) is 0. The second-order valence-electron chi connectivity index (χ2n) is 5.11. The summed E-state index contributed by atoms with van der Waals surface area (Å²) in [7, 11) is 0. The first-order chi connectivity index (χ1) is 9.50. The Hall–Kier alpha value is -2.37. The van der Waals surface area contributed by atoms with Gasteiger partial charge in [0.1, 0.15) is 0 Å². The first kappa shape index (κ1) is 14.0. The minimum atomic E-state index is -0.386. The molecule has 0 aliphatic rings. The van der Waals surface area contributed by atoms with Gasteiger partial charge in [-0.15, -0.1) is 10.2 Å². The van der Waals surface area contributed by atoms with Crippen LogP contribution in [0.4, 0.5) is 5.69 Å². The average molecular weight is 273 g/mol. The van der Waals surface area contributed by atoms with Crippen LogP contribution in [0, 0.1) is 11.3 Å². The monoisotopic (exact) mass is 273 g/mol. The standard InChI is InChI=1S/C14H19N5O/c1-9(2)7-8-19-11-6-4-3-5-10(11)12(13(19)20)17-18-14(15)16/h3-6,9,20H,7-8H2,1-2H3,(H3,15,16). The van der Waals surface area contributed by atoms with Crippen LogP contribution in [0.3, 0.4) is 0 Å². The third-order valence-corrected chi connectivity index (χ3v) is 3.11.